The Bertz CT molecular complexity index is 99.1. The molecule has 1 nitrogen and oxygen atoms in total. The molecule has 1 unspecified atom stereocenters. The lowest BCUT2D eigenvalue weighted by atomic mass is 10.0. The summed E-state index contributed by atoms with van der Waals surface area (Å²) in [5.41, 5.74) is 0. The summed E-state index contributed by atoms with van der Waals surface area (Å²) in [5, 5.41) is 3.62. The van der Waals surface area contributed by atoms with Gasteiger partial charge in [0.05, 0.1) is 0 Å². The summed E-state index contributed by atoms with van der Waals surface area (Å²) in [4.78, 5) is 0. The molecule has 2 aliphatic rings. The third kappa shape index (κ3) is 0.877. The summed E-state index contributed by atoms with van der Waals surface area (Å²) in [7, 11) is 0. The van der Waals surface area contributed by atoms with Crippen molar-refractivity contribution in [3.05, 3.63) is 0 Å². The van der Waals surface area contributed by atoms with E-state index in [9.17, 15) is 0 Å². The van der Waals surface area contributed by atoms with E-state index in [-0.39, 0.29) is 0 Å². The summed E-state index contributed by atoms with van der Waals surface area (Å²) in [6.07, 6.45) is 5.83. The second kappa shape index (κ2) is 1.98. The lowest BCUT2D eigenvalue weighted by molar-refractivity contribution is 0.518. The maximum Gasteiger partial charge on any atom is 0.00983 e. The first kappa shape index (κ1) is 5.72. The van der Waals surface area contributed by atoms with Gasteiger partial charge in [0.2, 0.25) is 0 Å². The fourth-order valence-electron chi connectivity index (χ4n) is 2.43. The molecule has 2 rings (SSSR count). The Morgan fingerprint density at radius 2 is 2.22 bits per heavy atom. The van der Waals surface area contributed by atoms with Crippen LogP contribution in [0.3, 0.4) is 0 Å². The Balaban J connectivity index is 2.02. The van der Waals surface area contributed by atoms with Crippen molar-refractivity contribution in [1.82, 2.24) is 5.32 Å². The van der Waals surface area contributed by atoms with Crippen molar-refractivity contribution in [2.24, 2.45) is 5.92 Å². The first-order valence-electron chi connectivity index (χ1n) is 4.12. The van der Waals surface area contributed by atoms with Gasteiger partial charge in [-0.15, -0.1) is 0 Å². The molecule has 0 bridgehead atoms. The van der Waals surface area contributed by atoms with E-state index in [2.05, 4.69) is 12.2 Å². The molecule has 1 saturated carbocycles. The Kier molecular flexibility index (Phi) is 1.26. The van der Waals surface area contributed by atoms with Crippen LogP contribution in [0.4, 0.5) is 0 Å². The van der Waals surface area contributed by atoms with Crippen LogP contribution in [-0.4, -0.2) is 12.1 Å². The molecule has 0 radical (unpaired) electrons. The number of hydrogen-bond donors (Lipinski definition) is 1. The minimum atomic E-state index is 0.806. The van der Waals surface area contributed by atoms with Gasteiger partial charge in [-0.25, -0.2) is 0 Å². The minimum absolute atomic E-state index is 0.806. The third-order valence-corrected chi connectivity index (χ3v) is 2.81. The van der Waals surface area contributed by atoms with E-state index in [0.29, 0.717) is 0 Å². The van der Waals surface area contributed by atoms with Gasteiger partial charge in [0.15, 0.2) is 0 Å². The summed E-state index contributed by atoms with van der Waals surface area (Å²) in [5.74, 6) is 1.04. The standard InChI is InChI=1S/C8H15N/c1-6-5-7-3-2-4-8(7)9-6/h6-9H,2-5H2,1H3/t6?,7-,8-/m0/s1. The molecule has 0 aromatic heterocycles. The Morgan fingerprint density at radius 3 is 3.00 bits per heavy atom. The fraction of sp³-hybridized carbons (Fsp3) is 1.00. The highest BCUT2D eigenvalue weighted by atomic mass is 15.0. The van der Waals surface area contributed by atoms with Crippen LogP contribution in [0, 0.1) is 5.92 Å². The average Bonchev–Trinajstić information content (AvgIpc) is 2.22. The second-order valence-corrected chi connectivity index (χ2v) is 3.60. The van der Waals surface area contributed by atoms with Crippen LogP contribution in [0.1, 0.15) is 32.6 Å². The molecule has 9 heavy (non-hydrogen) atoms. The van der Waals surface area contributed by atoms with Crippen molar-refractivity contribution in [3.8, 4) is 0 Å². The zero-order chi connectivity index (χ0) is 6.27. The topological polar surface area (TPSA) is 12.0 Å². The highest BCUT2D eigenvalue weighted by Crippen LogP contribution is 2.34. The van der Waals surface area contributed by atoms with Crippen LogP contribution < -0.4 is 5.32 Å². The number of rotatable bonds is 0. The molecule has 0 spiro atoms. The Labute approximate surface area is 56.8 Å². The zero-order valence-electron chi connectivity index (χ0n) is 6.06. The molecule has 0 amide bonds. The number of nitrogens with one attached hydrogen (secondary N) is 1. The predicted molar refractivity (Wildman–Crippen MR) is 38.3 cm³/mol. The van der Waals surface area contributed by atoms with Gasteiger partial charge < -0.3 is 5.32 Å². The van der Waals surface area contributed by atoms with Crippen LogP contribution in [0.15, 0.2) is 0 Å². The van der Waals surface area contributed by atoms with Crippen molar-refractivity contribution in [2.45, 2.75) is 44.7 Å². The zero-order valence-corrected chi connectivity index (χ0v) is 6.06. The van der Waals surface area contributed by atoms with Crippen molar-refractivity contribution < 1.29 is 0 Å². The molecule has 2 fully saturated rings. The first-order valence-corrected chi connectivity index (χ1v) is 4.12. The van der Waals surface area contributed by atoms with E-state index < -0.39 is 0 Å². The Hall–Kier alpha value is -0.0400. The molecule has 1 N–H and O–H groups in total. The van der Waals surface area contributed by atoms with Gasteiger partial charge in [-0.05, 0) is 32.1 Å². The molecule has 52 valence electrons. The second-order valence-electron chi connectivity index (χ2n) is 3.60. The van der Waals surface area contributed by atoms with Gasteiger partial charge in [0, 0.05) is 12.1 Å². The molecule has 1 heterocycles. The van der Waals surface area contributed by atoms with Crippen LogP contribution in [0.2, 0.25) is 0 Å². The third-order valence-electron chi connectivity index (χ3n) is 2.81. The van der Waals surface area contributed by atoms with E-state index in [1.54, 1.807) is 0 Å². The quantitative estimate of drug-likeness (QED) is 0.518. The van der Waals surface area contributed by atoms with Crippen molar-refractivity contribution in [3.63, 3.8) is 0 Å². The minimum Gasteiger partial charge on any atom is -0.311 e. The van der Waals surface area contributed by atoms with Crippen LogP contribution >= 0.6 is 0 Å². The highest BCUT2D eigenvalue weighted by molar-refractivity contribution is 4.92. The molecule has 0 aromatic carbocycles. The van der Waals surface area contributed by atoms with Crippen LogP contribution in [-0.2, 0) is 0 Å². The molecule has 1 saturated heterocycles. The van der Waals surface area contributed by atoms with Crippen molar-refractivity contribution in [1.29, 1.82) is 0 Å². The van der Waals surface area contributed by atoms with E-state index in [1.165, 1.54) is 25.7 Å². The molecule has 1 aliphatic carbocycles. The van der Waals surface area contributed by atoms with E-state index in [1.807, 2.05) is 0 Å². The summed E-state index contributed by atoms with van der Waals surface area (Å²) >= 11 is 0. The van der Waals surface area contributed by atoms with E-state index in [4.69, 9.17) is 0 Å². The van der Waals surface area contributed by atoms with E-state index in [0.717, 1.165) is 18.0 Å². The molecule has 1 heteroatoms. The smallest absolute Gasteiger partial charge is 0.00983 e. The average molecular weight is 125 g/mol. The maximum atomic E-state index is 3.62. The molecule has 1 aliphatic heterocycles. The van der Waals surface area contributed by atoms with Gasteiger partial charge in [0.25, 0.3) is 0 Å². The summed E-state index contributed by atoms with van der Waals surface area (Å²) in [6.45, 7) is 2.30. The molecular formula is C8H15N. The first-order chi connectivity index (χ1) is 4.36. The van der Waals surface area contributed by atoms with Crippen molar-refractivity contribution in [2.75, 3.05) is 0 Å². The maximum absolute atomic E-state index is 3.62. The predicted octanol–water partition coefficient (Wildman–Crippen LogP) is 1.54. The SMILES string of the molecule is CC1C[C@@H]2CCC[C@@H]2N1. The largest absolute Gasteiger partial charge is 0.311 e. The lowest BCUT2D eigenvalue weighted by Crippen LogP contribution is -2.26. The normalized spacial score (nSPS) is 49.7. The van der Waals surface area contributed by atoms with Gasteiger partial charge in [0.1, 0.15) is 0 Å². The van der Waals surface area contributed by atoms with Crippen LogP contribution in [0.5, 0.6) is 0 Å². The van der Waals surface area contributed by atoms with Crippen LogP contribution in [0.25, 0.3) is 0 Å². The van der Waals surface area contributed by atoms with Gasteiger partial charge in [-0.1, -0.05) is 6.42 Å². The van der Waals surface area contributed by atoms with E-state index >= 15 is 0 Å². The monoisotopic (exact) mass is 125 g/mol. The molecular weight excluding hydrogens is 110 g/mol. The van der Waals surface area contributed by atoms with Gasteiger partial charge in [-0.2, -0.15) is 0 Å². The summed E-state index contributed by atoms with van der Waals surface area (Å²) in [6, 6.07) is 1.71. The van der Waals surface area contributed by atoms with Gasteiger partial charge >= 0.3 is 0 Å². The highest BCUT2D eigenvalue weighted by Gasteiger charge is 2.34. The fourth-order valence-corrected chi connectivity index (χ4v) is 2.43. The lowest BCUT2D eigenvalue weighted by Gasteiger charge is -2.06. The number of hydrogen-bond acceptors (Lipinski definition) is 1. The molecule has 0 aromatic rings. The van der Waals surface area contributed by atoms with Gasteiger partial charge in [-0.3, -0.25) is 0 Å². The van der Waals surface area contributed by atoms with Crippen molar-refractivity contribution >= 4 is 0 Å². The number of fused-ring (bicyclic) bond motifs is 1. The summed E-state index contributed by atoms with van der Waals surface area (Å²) < 4.78 is 0. The molecule has 3 atom stereocenters. The Morgan fingerprint density at radius 1 is 1.33 bits per heavy atom.